The molecule has 42 heavy (non-hydrogen) atoms. The van der Waals surface area contributed by atoms with Crippen LogP contribution in [0.5, 0.6) is 11.5 Å². The molecule has 0 bridgehead atoms. The topological polar surface area (TPSA) is 99.2 Å². The van der Waals surface area contributed by atoms with E-state index in [9.17, 15) is 4.79 Å². The number of nitrogens with one attached hydrogen (secondary N) is 1. The fourth-order valence-electron chi connectivity index (χ4n) is 4.38. The SMILES string of the molecule is CCN(CC)CCOCc1ccc(NC(=O)[C@H](N)Cc2ccc(OCc3ccccc3)cc2)c(OCc2ccco2)c1. The number of nitrogens with two attached hydrogens (primary N) is 1. The molecule has 1 atom stereocenters. The lowest BCUT2D eigenvalue weighted by atomic mass is 10.1. The normalized spacial score (nSPS) is 11.8. The molecule has 4 rings (SSSR count). The van der Waals surface area contributed by atoms with Gasteiger partial charge in [-0.3, -0.25) is 4.79 Å². The van der Waals surface area contributed by atoms with E-state index in [1.54, 1.807) is 6.26 Å². The molecule has 222 valence electrons. The number of amides is 1. The van der Waals surface area contributed by atoms with Crippen molar-refractivity contribution >= 4 is 11.6 Å². The Balaban J connectivity index is 1.33. The average molecular weight is 572 g/mol. The van der Waals surface area contributed by atoms with Crippen molar-refractivity contribution in [2.75, 3.05) is 31.6 Å². The summed E-state index contributed by atoms with van der Waals surface area (Å²) >= 11 is 0. The fourth-order valence-corrected chi connectivity index (χ4v) is 4.38. The van der Waals surface area contributed by atoms with Gasteiger partial charge in [-0.2, -0.15) is 0 Å². The number of furan rings is 1. The third kappa shape index (κ3) is 9.76. The average Bonchev–Trinajstić information content (AvgIpc) is 3.55. The van der Waals surface area contributed by atoms with Crippen molar-refractivity contribution in [2.24, 2.45) is 5.73 Å². The van der Waals surface area contributed by atoms with Crippen LogP contribution in [0.1, 0.15) is 36.3 Å². The van der Waals surface area contributed by atoms with Crippen LogP contribution in [0.2, 0.25) is 0 Å². The van der Waals surface area contributed by atoms with E-state index in [1.165, 1.54) is 0 Å². The molecule has 0 aliphatic rings. The van der Waals surface area contributed by atoms with Gasteiger partial charge in [0.05, 0.1) is 31.2 Å². The second kappa shape index (κ2) is 16.4. The Kier molecular flexibility index (Phi) is 12.0. The van der Waals surface area contributed by atoms with Crippen LogP contribution in [0.25, 0.3) is 0 Å². The van der Waals surface area contributed by atoms with Crippen LogP contribution in [0.3, 0.4) is 0 Å². The van der Waals surface area contributed by atoms with Crippen LogP contribution < -0.4 is 20.5 Å². The maximum Gasteiger partial charge on any atom is 0.241 e. The van der Waals surface area contributed by atoms with Gasteiger partial charge >= 0.3 is 0 Å². The Morgan fingerprint density at radius 1 is 0.857 bits per heavy atom. The molecule has 0 unspecified atom stereocenters. The molecule has 0 saturated heterocycles. The first-order chi connectivity index (χ1) is 20.5. The summed E-state index contributed by atoms with van der Waals surface area (Å²) in [7, 11) is 0. The number of hydrogen-bond donors (Lipinski definition) is 2. The van der Waals surface area contributed by atoms with Gasteiger partial charge in [0.15, 0.2) is 0 Å². The van der Waals surface area contributed by atoms with E-state index >= 15 is 0 Å². The molecule has 1 amide bonds. The first-order valence-electron chi connectivity index (χ1n) is 14.4. The first kappa shape index (κ1) is 30.8. The zero-order valence-corrected chi connectivity index (χ0v) is 24.5. The van der Waals surface area contributed by atoms with Gasteiger partial charge in [-0.05, 0) is 72.6 Å². The van der Waals surface area contributed by atoms with E-state index < -0.39 is 6.04 Å². The van der Waals surface area contributed by atoms with E-state index in [4.69, 9.17) is 24.4 Å². The molecule has 0 saturated carbocycles. The maximum atomic E-state index is 13.1. The number of ether oxygens (including phenoxy) is 3. The smallest absolute Gasteiger partial charge is 0.241 e. The number of likely N-dealkylation sites (N-methyl/N-ethyl adjacent to an activating group) is 1. The van der Waals surface area contributed by atoms with E-state index in [1.807, 2.05) is 84.9 Å². The van der Waals surface area contributed by atoms with Gasteiger partial charge in [-0.1, -0.05) is 62.4 Å². The summed E-state index contributed by atoms with van der Waals surface area (Å²) < 4.78 is 23.2. The molecule has 0 aliphatic heterocycles. The summed E-state index contributed by atoms with van der Waals surface area (Å²) in [5.74, 6) is 1.67. The second-order valence-electron chi connectivity index (χ2n) is 10.00. The van der Waals surface area contributed by atoms with Crippen molar-refractivity contribution in [3.63, 3.8) is 0 Å². The highest BCUT2D eigenvalue weighted by atomic mass is 16.5. The monoisotopic (exact) mass is 571 g/mol. The van der Waals surface area contributed by atoms with Gasteiger partial charge in [0.2, 0.25) is 5.91 Å². The van der Waals surface area contributed by atoms with Crippen molar-refractivity contribution in [2.45, 2.75) is 46.1 Å². The van der Waals surface area contributed by atoms with Gasteiger partial charge in [0.25, 0.3) is 0 Å². The zero-order valence-electron chi connectivity index (χ0n) is 24.5. The number of carbonyl (C=O) groups excluding carboxylic acids is 1. The lowest BCUT2D eigenvalue weighted by Gasteiger charge is -2.18. The van der Waals surface area contributed by atoms with Crippen LogP contribution in [-0.2, 0) is 35.8 Å². The Hall–Kier alpha value is -4.11. The van der Waals surface area contributed by atoms with Gasteiger partial charge in [0, 0.05) is 6.54 Å². The minimum absolute atomic E-state index is 0.229. The van der Waals surface area contributed by atoms with Gasteiger partial charge in [-0.25, -0.2) is 0 Å². The number of anilines is 1. The molecular formula is C34H41N3O5. The third-order valence-corrected chi connectivity index (χ3v) is 6.93. The Morgan fingerprint density at radius 3 is 2.33 bits per heavy atom. The Labute approximate surface area is 248 Å². The van der Waals surface area contributed by atoms with Gasteiger partial charge in [0.1, 0.15) is 30.5 Å². The van der Waals surface area contributed by atoms with E-state index in [-0.39, 0.29) is 12.5 Å². The highest BCUT2D eigenvalue weighted by Crippen LogP contribution is 2.28. The van der Waals surface area contributed by atoms with Crippen LogP contribution in [0, 0.1) is 0 Å². The molecule has 8 nitrogen and oxygen atoms in total. The number of benzene rings is 3. The quantitative estimate of drug-likeness (QED) is 0.154. The zero-order chi connectivity index (χ0) is 29.6. The van der Waals surface area contributed by atoms with Crippen molar-refractivity contribution in [1.29, 1.82) is 0 Å². The Morgan fingerprint density at radius 2 is 1.62 bits per heavy atom. The predicted octanol–water partition coefficient (Wildman–Crippen LogP) is 5.80. The largest absolute Gasteiger partial charge is 0.489 e. The van der Waals surface area contributed by atoms with Crippen molar-refractivity contribution in [3.05, 3.63) is 114 Å². The summed E-state index contributed by atoms with van der Waals surface area (Å²) in [6.45, 7) is 8.96. The lowest BCUT2D eigenvalue weighted by molar-refractivity contribution is -0.117. The first-order valence-corrected chi connectivity index (χ1v) is 14.4. The highest BCUT2D eigenvalue weighted by Gasteiger charge is 2.17. The molecule has 3 aromatic carbocycles. The van der Waals surface area contributed by atoms with Crippen molar-refractivity contribution in [1.82, 2.24) is 4.90 Å². The fraction of sp³-hybridized carbons (Fsp3) is 0.324. The predicted molar refractivity (Wildman–Crippen MR) is 164 cm³/mol. The Bertz CT molecular complexity index is 1340. The molecule has 4 aromatic rings. The van der Waals surface area contributed by atoms with Crippen molar-refractivity contribution in [3.8, 4) is 11.5 Å². The molecular weight excluding hydrogens is 530 g/mol. The van der Waals surface area contributed by atoms with Gasteiger partial charge < -0.3 is 34.6 Å². The van der Waals surface area contributed by atoms with Crippen LogP contribution >= 0.6 is 0 Å². The molecule has 0 radical (unpaired) electrons. The standard InChI is InChI=1S/C34H41N3O5/c1-3-37(4-2)18-20-39-23-28-14-17-32(33(22-28)42-25-30-11-8-19-40-30)36-34(38)31(35)21-26-12-15-29(16-13-26)41-24-27-9-6-5-7-10-27/h5-17,19,22,31H,3-4,18,20-21,23-25,35H2,1-2H3,(H,36,38)/t31-/m1/s1. The summed E-state index contributed by atoms with van der Waals surface area (Å²) in [4.78, 5) is 15.4. The highest BCUT2D eigenvalue weighted by molar-refractivity contribution is 5.96. The minimum atomic E-state index is -0.748. The summed E-state index contributed by atoms with van der Waals surface area (Å²) in [6.07, 6.45) is 1.98. The molecule has 0 spiro atoms. The van der Waals surface area contributed by atoms with Crippen LogP contribution in [0.15, 0.2) is 95.6 Å². The minimum Gasteiger partial charge on any atom is -0.489 e. The van der Waals surface area contributed by atoms with Gasteiger partial charge in [-0.15, -0.1) is 0 Å². The van der Waals surface area contributed by atoms with Crippen LogP contribution in [0.4, 0.5) is 5.69 Å². The third-order valence-electron chi connectivity index (χ3n) is 6.93. The number of carbonyl (C=O) groups is 1. The summed E-state index contributed by atoms with van der Waals surface area (Å²) in [5, 5.41) is 2.94. The molecule has 1 heterocycles. The van der Waals surface area contributed by atoms with E-state index in [0.717, 1.165) is 42.1 Å². The van der Waals surface area contributed by atoms with E-state index in [2.05, 4.69) is 24.1 Å². The number of nitrogens with zero attached hydrogens (tertiary/aromatic N) is 1. The number of hydrogen-bond acceptors (Lipinski definition) is 7. The lowest BCUT2D eigenvalue weighted by Crippen LogP contribution is -2.37. The van der Waals surface area contributed by atoms with Crippen molar-refractivity contribution < 1.29 is 23.4 Å². The second-order valence-corrected chi connectivity index (χ2v) is 10.00. The number of rotatable bonds is 17. The maximum absolute atomic E-state index is 13.1. The molecule has 1 aromatic heterocycles. The van der Waals surface area contributed by atoms with Crippen LogP contribution in [-0.4, -0.2) is 43.1 Å². The molecule has 8 heteroatoms. The molecule has 3 N–H and O–H groups in total. The van der Waals surface area contributed by atoms with E-state index in [0.29, 0.717) is 43.4 Å². The summed E-state index contributed by atoms with van der Waals surface area (Å²) in [6, 6.07) is 26.2. The summed E-state index contributed by atoms with van der Waals surface area (Å²) in [5.41, 5.74) is 9.83. The molecule has 0 aliphatic carbocycles. The molecule has 0 fully saturated rings.